The third kappa shape index (κ3) is 7.65. The van der Waals surface area contributed by atoms with Gasteiger partial charge in [-0.25, -0.2) is 0 Å². The van der Waals surface area contributed by atoms with Crippen molar-refractivity contribution in [1.29, 1.82) is 0 Å². The Bertz CT molecular complexity index is 520. The molecule has 23 heavy (non-hydrogen) atoms. The maximum atomic E-state index is 12.0. The lowest BCUT2D eigenvalue weighted by Gasteiger charge is -2.18. The van der Waals surface area contributed by atoms with E-state index in [1.807, 2.05) is 13.0 Å². The van der Waals surface area contributed by atoms with Crippen LogP contribution in [0.15, 0.2) is 24.3 Å². The van der Waals surface area contributed by atoms with Crippen molar-refractivity contribution < 1.29 is 14.3 Å². The standard InChI is InChI=1S/C17H27N3O3/c1-5-7-13(2)18-16(21)11-20(3)12-17(22)19-14-8-6-9-15(10-14)23-4/h6,8-10,13H,5,7,11-12H2,1-4H3,(H,18,21)(H,19,22). The van der Waals surface area contributed by atoms with Gasteiger partial charge in [-0.05, 0) is 32.5 Å². The zero-order valence-electron chi connectivity index (χ0n) is 14.4. The second-order valence-electron chi connectivity index (χ2n) is 5.71. The van der Waals surface area contributed by atoms with Crippen LogP contribution in [0.1, 0.15) is 26.7 Å². The summed E-state index contributed by atoms with van der Waals surface area (Å²) in [7, 11) is 3.32. The van der Waals surface area contributed by atoms with E-state index in [2.05, 4.69) is 17.6 Å². The number of nitrogens with one attached hydrogen (secondary N) is 2. The van der Waals surface area contributed by atoms with E-state index in [0.29, 0.717) is 11.4 Å². The highest BCUT2D eigenvalue weighted by Gasteiger charge is 2.12. The molecule has 2 amide bonds. The number of carbonyl (C=O) groups excluding carboxylic acids is 2. The first-order valence-corrected chi connectivity index (χ1v) is 7.86. The van der Waals surface area contributed by atoms with Crippen molar-refractivity contribution in [3.8, 4) is 5.75 Å². The Morgan fingerprint density at radius 2 is 1.96 bits per heavy atom. The van der Waals surface area contributed by atoms with Crippen molar-refractivity contribution in [2.45, 2.75) is 32.7 Å². The summed E-state index contributed by atoms with van der Waals surface area (Å²) in [5.74, 6) is 0.443. The Hall–Kier alpha value is -2.08. The molecule has 6 heteroatoms. The van der Waals surface area contributed by atoms with Crippen molar-refractivity contribution in [1.82, 2.24) is 10.2 Å². The first-order chi connectivity index (χ1) is 10.9. The highest BCUT2D eigenvalue weighted by Crippen LogP contribution is 2.16. The first-order valence-electron chi connectivity index (χ1n) is 7.86. The summed E-state index contributed by atoms with van der Waals surface area (Å²) in [4.78, 5) is 25.5. The molecule has 1 atom stereocenters. The van der Waals surface area contributed by atoms with Crippen LogP contribution in [0.2, 0.25) is 0 Å². The number of hydrogen-bond donors (Lipinski definition) is 2. The van der Waals surface area contributed by atoms with Crippen LogP contribution < -0.4 is 15.4 Å². The summed E-state index contributed by atoms with van der Waals surface area (Å²) < 4.78 is 5.11. The predicted octanol–water partition coefficient (Wildman–Crippen LogP) is 1.87. The fraction of sp³-hybridized carbons (Fsp3) is 0.529. The lowest BCUT2D eigenvalue weighted by Crippen LogP contribution is -2.41. The summed E-state index contributed by atoms with van der Waals surface area (Å²) in [5.41, 5.74) is 0.670. The molecule has 1 rings (SSSR count). The van der Waals surface area contributed by atoms with E-state index in [1.165, 1.54) is 0 Å². The number of ether oxygens (including phenoxy) is 1. The normalized spacial score (nSPS) is 11.9. The van der Waals surface area contributed by atoms with Gasteiger partial charge >= 0.3 is 0 Å². The molecule has 0 saturated heterocycles. The Kier molecular flexibility index (Phi) is 8.11. The molecular weight excluding hydrogens is 294 g/mol. The number of anilines is 1. The number of likely N-dealkylation sites (N-methyl/N-ethyl adjacent to an activating group) is 1. The van der Waals surface area contributed by atoms with Gasteiger partial charge in [-0.15, -0.1) is 0 Å². The van der Waals surface area contributed by atoms with E-state index in [4.69, 9.17) is 4.74 Å². The van der Waals surface area contributed by atoms with Gasteiger partial charge in [0.1, 0.15) is 5.75 Å². The summed E-state index contributed by atoms with van der Waals surface area (Å²) in [5, 5.41) is 5.71. The predicted molar refractivity (Wildman–Crippen MR) is 91.6 cm³/mol. The number of carbonyl (C=O) groups is 2. The quantitative estimate of drug-likeness (QED) is 0.728. The molecule has 0 aliphatic heterocycles. The van der Waals surface area contributed by atoms with Gasteiger partial charge in [0.2, 0.25) is 11.8 Å². The first kappa shape index (κ1) is 19.0. The molecule has 1 aromatic carbocycles. The fourth-order valence-corrected chi connectivity index (χ4v) is 2.27. The van der Waals surface area contributed by atoms with Gasteiger partial charge in [0.05, 0.1) is 20.2 Å². The zero-order chi connectivity index (χ0) is 17.2. The second kappa shape index (κ2) is 9.84. The monoisotopic (exact) mass is 321 g/mol. The van der Waals surface area contributed by atoms with Crippen molar-refractivity contribution in [3.05, 3.63) is 24.3 Å². The van der Waals surface area contributed by atoms with E-state index in [0.717, 1.165) is 12.8 Å². The summed E-state index contributed by atoms with van der Waals surface area (Å²) >= 11 is 0. The van der Waals surface area contributed by atoms with Gasteiger partial charge in [0.25, 0.3) is 0 Å². The zero-order valence-corrected chi connectivity index (χ0v) is 14.4. The minimum Gasteiger partial charge on any atom is -0.497 e. The third-order valence-electron chi connectivity index (χ3n) is 3.31. The van der Waals surface area contributed by atoms with E-state index in [1.54, 1.807) is 37.3 Å². The molecule has 128 valence electrons. The molecule has 2 N–H and O–H groups in total. The third-order valence-corrected chi connectivity index (χ3v) is 3.31. The molecule has 0 bridgehead atoms. The molecule has 0 aliphatic carbocycles. The number of benzene rings is 1. The largest absolute Gasteiger partial charge is 0.497 e. The van der Waals surface area contributed by atoms with Crippen LogP contribution in [-0.2, 0) is 9.59 Å². The Morgan fingerprint density at radius 3 is 2.61 bits per heavy atom. The summed E-state index contributed by atoms with van der Waals surface area (Å²) in [6.45, 7) is 4.40. The second-order valence-corrected chi connectivity index (χ2v) is 5.71. The van der Waals surface area contributed by atoms with E-state index >= 15 is 0 Å². The van der Waals surface area contributed by atoms with Crippen molar-refractivity contribution >= 4 is 17.5 Å². The van der Waals surface area contributed by atoms with E-state index < -0.39 is 0 Å². The molecule has 0 heterocycles. The minimum atomic E-state index is -0.171. The summed E-state index contributed by atoms with van der Waals surface area (Å²) in [6.07, 6.45) is 1.98. The average Bonchev–Trinajstić information content (AvgIpc) is 2.46. The molecule has 0 fully saturated rings. The van der Waals surface area contributed by atoms with E-state index in [-0.39, 0.29) is 30.9 Å². The molecule has 0 aliphatic rings. The van der Waals surface area contributed by atoms with Crippen LogP contribution in [0.5, 0.6) is 5.75 Å². The number of nitrogens with zero attached hydrogens (tertiary/aromatic N) is 1. The highest BCUT2D eigenvalue weighted by atomic mass is 16.5. The van der Waals surface area contributed by atoms with Crippen LogP contribution in [0.4, 0.5) is 5.69 Å². The van der Waals surface area contributed by atoms with E-state index in [9.17, 15) is 9.59 Å². The number of amides is 2. The number of methoxy groups -OCH3 is 1. The van der Waals surface area contributed by atoms with Crippen LogP contribution in [0, 0.1) is 0 Å². The van der Waals surface area contributed by atoms with Gasteiger partial charge < -0.3 is 15.4 Å². The van der Waals surface area contributed by atoms with Crippen LogP contribution in [-0.4, -0.2) is 50.0 Å². The lowest BCUT2D eigenvalue weighted by atomic mass is 10.2. The Balaban J connectivity index is 2.39. The maximum Gasteiger partial charge on any atom is 0.238 e. The lowest BCUT2D eigenvalue weighted by molar-refractivity contribution is -0.123. The van der Waals surface area contributed by atoms with Crippen LogP contribution in [0.3, 0.4) is 0 Å². The number of rotatable bonds is 9. The molecule has 1 unspecified atom stereocenters. The van der Waals surface area contributed by atoms with Crippen LogP contribution in [0.25, 0.3) is 0 Å². The molecule has 0 aromatic heterocycles. The molecule has 0 spiro atoms. The minimum absolute atomic E-state index is 0.0670. The van der Waals surface area contributed by atoms with Crippen LogP contribution >= 0.6 is 0 Å². The van der Waals surface area contributed by atoms with Gasteiger partial charge in [0, 0.05) is 17.8 Å². The Morgan fingerprint density at radius 1 is 1.26 bits per heavy atom. The van der Waals surface area contributed by atoms with Gasteiger partial charge in [-0.2, -0.15) is 0 Å². The van der Waals surface area contributed by atoms with Gasteiger partial charge in [-0.3, -0.25) is 14.5 Å². The van der Waals surface area contributed by atoms with Crippen molar-refractivity contribution in [2.75, 3.05) is 32.6 Å². The van der Waals surface area contributed by atoms with Crippen molar-refractivity contribution in [3.63, 3.8) is 0 Å². The average molecular weight is 321 g/mol. The molecule has 0 radical (unpaired) electrons. The van der Waals surface area contributed by atoms with Crippen molar-refractivity contribution in [2.24, 2.45) is 0 Å². The Labute approximate surface area is 138 Å². The van der Waals surface area contributed by atoms with Gasteiger partial charge in [-0.1, -0.05) is 19.4 Å². The highest BCUT2D eigenvalue weighted by molar-refractivity contribution is 5.92. The molecule has 0 saturated carbocycles. The SMILES string of the molecule is CCCC(C)NC(=O)CN(C)CC(=O)Nc1cccc(OC)c1. The molecule has 6 nitrogen and oxygen atoms in total. The molecular formula is C17H27N3O3. The smallest absolute Gasteiger partial charge is 0.238 e. The van der Waals surface area contributed by atoms with Gasteiger partial charge in [0.15, 0.2) is 0 Å². The maximum absolute atomic E-state index is 12.0. The fourth-order valence-electron chi connectivity index (χ4n) is 2.27. The number of hydrogen-bond acceptors (Lipinski definition) is 4. The molecule has 1 aromatic rings. The topological polar surface area (TPSA) is 70.7 Å². The summed E-state index contributed by atoms with van der Waals surface area (Å²) in [6, 6.07) is 7.31.